The number of nitrogens with one attached hydrogen (secondary N) is 1. The molecule has 0 spiro atoms. The molecule has 1 aromatic rings. The van der Waals surface area contributed by atoms with Crippen LogP contribution in [0.2, 0.25) is 0 Å². The summed E-state index contributed by atoms with van der Waals surface area (Å²) in [6, 6.07) is 1.67. The van der Waals surface area contributed by atoms with Gasteiger partial charge in [0.1, 0.15) is 5.76 Å². The molecule has 0 aliphatic rings. The first-order chi connectivity index (χ1) is 7.19. The Morgan fingerprint density at radius 1 is 1.73 bits per heavy atom. The summed E-state index contributed by atoms with van der Waals surface area (Å²) in [5, 5.41) is 2.82. The van der Waals surface area contributed by atoms with Gasteiger partial charge >= 0.3 is 0 Å². The molecule has 1 N–H and O–H groups in total. The molecule has 1 heterocycles. The second kappa shape index (κ2) is 5.26. The van der Waals surface area contributed by atoms with Gasteiger partial charge in [0.25, 0.3) is 5.91 Å². The van der Waals surface area contributed by atoms with E-state index in [1.165, 1.54) is 6.26 Å². The first-order valence-corrected chi connectivity index (χ1v) is 4.99. The molecule has 1 aromatic heterocycles. The van der Waals surface area contributed by atoms with Gasteiger partial charge in [0.15, 0.2) is 0 Å². The molecule has 0 radical (unpaired) electrons. The Morgan fingerprint density at radius 2 is 2.47 bits per heavy atom. The number of carbonyl (C=O) groups is 1. The lowest BCUT2D eigenvalue weighted by atomic mass is 10.1. The van der Waals surface area contributed by atoms with E-state index in [0.29, 0.717) is 24.2 Å². The smallest absolute Gasteiger partial charge is 0.255 e. The molecule has 15 heavy (non-hydrogen) atoms. The minimum atomic E-state index is -0.122. The van der Waals surface area contributed by atoms with Gasteiger partial charge in [-0.15, -0.1) is 12.3 Å². The van der Waals surface area contributed by atoms with E-state index in [4.69, 9.17) is 10.8 Å². The lowest BCUT2D eigenvalue weighted by molar-refractivity contribution is 0.0939. The van der Waals surface area contributed by atoms with E-state index in [1.807, 2.05) is 13.8 Å². The van der Waals surface area contributed by atoms with E-state index in [1.54, 1.807) is 6.07 Å². The van der Waals surface area contributed by atoms with Crippen LogP contribution in [0, 0.1) is 12.3 Å². The van der Waals surface area contributed by atoms with Crippen molar-refractivity contribution in [3.05, 3.63) is 23.7 Å². The number of carbonyl (C=O) groups excluding carboxylic acids is 1. The zero-order chi connectivity index (χ0) is 11.3. The predicted octanol–water partition coefficient (Wildman–Crippen LogP) is 1.98. The van der Waals surface area contributed by atoms with Crippen LogP contribution < -0.4 is 5.32 Å². The molecule has 3 heteroatoms. The molecule has 1 atom stereocenters. The molecule has 0 saturated carbocycles. The van der Waals surface area contributed by atoms with Gasteiger partial charge in [-0.3, -0.25) is 4.79 Å². The Kier molecular flexibility index (Phi) is 3.99. The molecule has 0 aliphatic heterocycles. The number of rotatable bonds is 4. The van der Waals surface area contributed by atoms with E-state index in [9.17, 15) is 4.79 Å². The molecular weight excluding hydrogens is 190 g/mol. The van der Waals surface area contributed by atoms with Gasteiger partial charge in [-0.05, 0) is 13.0 Å². The third-order valence-electron chi connectivity index (χ3n) is 2.11. The zero-order valence-electron chi connectivity index (χ0n) is 9.04. The van der Waals surface area contributed by atoms with Crippen LogP contribution in [0.1, 0.15) is 36.4 Å². The summed E-state index contributed by atoms with van der Waals surface area (Å²) in [5.41, 5.74) is 0.598. The van der Waals surface area contributed by atoms with Crippen LogP contribution in [0.3, 0.4) is 0 Å². The zero-order valence-corrected chi connectivity index (χ0v) is 9.04. The Hall–Kier alpha value is -1.69. The normalized spacial score (nSPS) is 11.8. The second-order valence-corrected chi connectivity index (χ2v) is 3.39. The molecular formula is C12H15NO2. The SMILES string of the molecule is C#CCC(C)NC(=O)c1ccoc1CC. The van der Waals surface area contributed by atoms with Crippen LogP contribution in [0.25, 0.3) is 0 Å². The molecule has 1 rings (SSSR count). The molecule has 80 valence electrons. The highest BCUT2D eigenvalue weighted by molar-refractivity contribution is 5.95. The van der Waals surface area contributed by atoms with Crippen LogP contribution in [-0.2, 0) is 6.42 Å². The number of aryl methyl sites for hydroxylation is 1. The third-order valence-corrected chi connectivity index (χ3v) is 2.11. The van der Waals surface area contributed by atoms with Gasteiger partial charge in [-0.2, -0.15) is 0 Å². The molecule has 3 nitrogen and oxygen atoms in total. The molecule has 0 aliphatic carbocycles. The highest BCUT2D eigenvalue weighted by Gasteiger charge is 2.14. The Labute approximate surface area is 89.9 Å². The van der Waals surface area contributed by atoms with Crippen molar-refractivity contribution in [2.75, 3.05) is 0 Å². The van der Waals surface area contributed by atoms with Crippen molar-refractivity contribution in [2.24, 2.45) is 0 Å². The van der Waals surface area contributed by atoms with E-state index in [-0.39, 0.29) is 11.9 Å². The van der Waals surface area contributed by atoms with Crippen LogP contribution in [0.5, 0.6) is 0 Å². The summed E-state index contributed by atoms with van der Waals surface area (Å²) in [6.45, 7) is 3.82. The number of amides is 1. The number of furan rings is 1. The van der Waals surface area contributed by atoms with Gasteiger partial charge in [-0.25, -0.2) is 0 Å². The summed E-state index contributed by atoms with van der Waals surface area (Å²) in [6.07, 6.45) is 7.93. The van der Waals surface area contributed by atoms with E-state index < -0.39 is 0 Å². The monoisotopic (exact) mass is 205 g/mol. The lowest BCUT2D eigenvalue weighted by Gasteiger charge is -2.10. The number of hydrogen-bond donors (Lipinski definition) is 1. The maximum Gasteiger partial charge on any atom is 0.255 e. The summed E-state index contributed by atoms with van der Waals surface area (Å²) in [7, 11) is 0. The fourth-order valence-corrected chi connectivity index (χ4v) is 1.35. The van der Waals surface area contributed by atoms with Gasteiger partial charge < -0.3 is 9.73 Å². The Balaban J connectivity index is 2.65. The van der Waals surface area contributed by atoms with Crippen LogP contribution in [-0.4, -0.2) is 11.9 Å². The molecule has 0 aromatic carbocycles. The topological polar surface area (TPSA) is 42.2 Å². The van der Waals surface area contributed by atoms with E-state index >= 15 is 0 Å². The predicted molar refractivity (Wildman–Crippen MR) is 58.5 cm³/mol. The highest BCUT2D eigenvalue weighted by atomic mass is 16.3. The van der Waals surface area contributed by atoms with Gasteiger partial charge in [0.05, 0.1) is 11.8 Å². The maximum atomic E-state index is 11.7. The maximum absolute atomic E-state index is 11.7. The quantitative estimate of drug-likeness (QED) is 0.764. The van der Waals surface area contributed by atoms with Gasteiger partial charge in [-0.1, -0.05) is 6.92 Å². The van der Waals surface area contributed by atoms with Crippen molar-refractivity contribution < 1.29 is 9.21 Å². The fourth-order valence-electron chi connectivity index (χ4n) is 1.35. The second-order valence-electron chi connectivity index (χ2n) is 3.39. The Bertz CT molecular complexity index is 373. The van der Waals surface area contributed by atoms with Crippen molar-refractivity contribution in [1.29, 1.82) is 0 Å². The van der Waals surface area contributed by atoms with Crippen molar-refractivity contribution in [1.82, 2.24) is 5.32 Å². The summed E-state index contributed by atoms with van der Waals surface area (Å²) in [5.74, 6) is 3.10. The van der Waals surface area contributed by atoms with Crippen LogP contribution in [0.15, 0.2) is 16.7 Å². The van der Waals surface area contributed by atoms with E-state index in [0.717, 1.165) is 0 Å². The minimum Gasteiger partial charge on any atom is -0.469 e. The van der Waals surface area contributed by atoms with Crippen molar-refractivity contribution >= 4 is 5.91 Å². The molecule has 1 amide bonds. The molecule has 0 bridgehead atoms. The highest BCUT2D eigenvalue weighted by Crippen LogP contribution is 2.11. The van der Waals surface area contributed by atoms with Crippen molar-refractivity contribution in [3.8, 4) is 12.3 Å². The number of hydrogen-bond acceptors (Lipinski definition) is 2. The minimum absolute atomic E-state index is 0.0119. The third kappa shape index (κ3) is 2.88. The molecule has 1 unspecified atom stereocenters. The Morgan fingerprint density at radius 3 is 3.07 bits per heavy atom. The van der Waals surface area contributed by atoms with Crippen LogP contribution in [0.4, 0.5) is 0 Å². The molecule has 0 fully saturated rings. The van der Waals surface area contributed by atoms with Crippen molar-refractivity contribution in [2.45, 2.75) is 32.7 Å². The first-order valence-electron chi connectivity index (χ1n) is 4.99. The van der Waals surface area contributed by atoms with Gasteiger partial charge in [0.2, 0.25) is 0 Å². The van der Waals surface area contributed by atoms with Crippen LogP contribution >= 0.6 is 0 Å². The summed E-state index contributed by atoms with van der Waals surface area (Å²) >= 11 is 0. The van der Waals surface area contributed by atoms with E-state index in [2.05, 4.69) is 11.2 Å². The number of terminal acetylenes is 1. The average Bonchev–Trinajstić information content (AvgIpc) is 2.65. The molecule has 0 saturated heterocycles. The standard InChI is InChI=1S/C12H15NO2/c1-4-6-9(3)13-12(14)10-7-8-15-11(10)5-2/h1,7-9H,5-6H2,2-3H3,(H,13,14). The fraction of sp³-hybridized carbons (Fsp3) is 0.417. The lowest BCUT2D eigenvalue weighted by Crippen LogP contribution is -2.32. The first kappa shape index (κ1) is 11.4. The summed E-state index contributed by atoms with van der Waals surface area (Å²) in [4.78, 5) is 11.7. The summed E-state index contributed by atoms with van der Waals surface area (Å²) < 4.78 is 5.18. The van der Waals surface area contributed by atoms with Gasteiger partial charge in [0, 0.05) is 18.9 Å². The largest absolute Gasteiger partial charge is 0.469 e. The van der Waals surface area contributed by atoms with Crippen molar-refractivity contribution in [3.63, 3.8) is 0 Å². The average molecular weight is 205 g/mol.